The Morgan fingerprint density at radius 2 is 2.26 bits per heavy atom. The third kappa shape index (κ3) is 4.96. The molecule has 0 atom stereocenters. The third-order valence-electron chi connectivity index (χ3n) is 2.14. The maximum atomic E-state index is 5.44. The molecule has 0 amide bonds. The quantitative estimate of drug-likeness (QED) is 0.262. The van der Waals surface area contributed by atoms with Crippen LogP contribution in [0, 0.1) is 12.3 Å². The summed E-state index contributed by atoms with van der Waals surface area (Å²) in [7, 11) is 0. The number of terminal acetylenes is 1. The van der Waals surface area contributed by atoms with Gasteiger partial charge in [-0.3, -0.25) is 0 Å². The summed E-state index contributed by atoms with van der Waals surface area (Å²) in [5.74, 6) is 3.07. The van der Waals surface area contributed by atoms with Gasteiger partial charge >= 0.3 is 0 Å². The van der Waals surface area contributed by atoms with E-state index in [0.717, 1.165) is 16.9 Å². The molecule has 98 valence electrons. The molecule has 0 spiro atoms. The van der Waals surface area contributed by atoms with Gasteiger partial charge in [-0.2, -0.15) is 5.10 Å². The molecule has 0 aliphatic carbocycles. The number of nitrogens with zero attached hydrogens (tertiary/aromatic N) is 2. The van der Waals surface area contributed by atoms with E-state index in [2.05, 4.69) is 22.7 Å². The van der Waals surface area contributed by atoms with Gasteiger partial charge in [0.2, 0.25) is 5.96 Å². The fourth-order valence-electron chi connectivity index (χ4n) is 1.42. The number of rotatable bonds is 6. The average Bonchev–Trinajstić information content (AvgIpc) is 2.38. The molecular formula is C14H16N4O. The highest BCUT2D eigenvalue weighted by Gasteiger charge is 2.03. The maximum absolute atomic E-state index is 5.44. The number of allylic oxidation sites excluding steroid dienone is 1. The van der Waals surface area contributed by atoms with E-state index in [1.54, 1.807) is 12.3 Å². The van der Waals surface area contributed by atoms with E-state index in [9.17, 15) is 0 Å². The summed E-state index contributed by atoms with van der Waals surface area (Å²) in [5, 5.41) is 7.28. The Labute approximate surface area is 112 Å². The van der Waals surface area contributed by atoms with Crippen LogP contribution in [0.5, 0.6) is 5.75 Å². The van der Waals surface area contributed by atoms with E-state index in [1.165, 1.54) is 0 Å². The molecule has 0 aliphatic heterocycles. The van der Waals surface area contributed by atoms with Crippen LogP contribution in [-0.2, 0) is 6.42 Å². The average molecular weight is 256 g/mol. The second kappa shape index (κ2) is 7.56. The van der Waals surface area contributed by atoms with E-state index in [0.29, 0.717) is 6.42 Å². The summed E-state index contributed by atoms with van der Waals surface area (Å²) in [4.78, 5) is 0. The van der Waals surface area contributed by atoms with Gasteiger partial charge in [-0.15, -0.1) is 18.1 Å². The second-order valence-corrected chi connectivity index (χ2v) is 3.62. The van der Waals surface area contributed by atoms with E-state index in [-0.39, 0.29) is 12.6 Å². The van der Waals surface area contributed by atoms with Crippen molar-refractivity contribution in [2.75, 3.05) is 6.61 Å². The van der Waals surface area contributed by atoms with Crippen molar-refractivity contribution in [1.82, 2.24) is 0 Å². The largest absolute Gasteiger partial charge is 0.481 e. The van der Waals surface area contributed by atoms with E-state index in [4.69, 9.17) is 22.6 Å². The van der Waals surface area contributed by atoms with Crippen molar-refractivity contribution in [2.45, 2.75) is 6.42 Å². The third-order valence-corrected chi connectivity index (χ3v) is 2.14. The van der Waals surface area contributed by atoms with Crippen molar-refractivity contribution < 1.29 is 4.74 Å². The van der Waals surface area contributed by atoms with E-state index < -0.39 is 0 Å². The van der Waals surface area contributed by atoms with Crippen LogP contribution in [0.3, 0.4) is 0 Å². The number of guanidine groups is 1. The first kappa shape index (κ1) is 14.3. The number of ether oxygens (including phenoxy) is 1. The van der Waals surface area contributed by atoms with Gasteiger partial charge in [-0.25, -0.2) is 0 Å². The van der Waals surface area contributed by atoms with Crippen LogP contribution in [0.4, 0.5) is 0 Å². The van der Waals surface area contributed by atoms with Crippen LogP contribution in [0.25, 0.3) is 0 Å². The lowest BCUT2D eigenvalue weighted by molar-refractivity contribution is 0.367. The number of benzene rings is 1. The fourth-order valence-corrected chi connectivity index (χ4v) is 1.42. The van der Waals surface area contributed by atoms with Crippen molar-refractivity contribution >= 4 is 12.2 Å². The first-order valence-corrected chi connectivity index (χ1v) is 5.59. The van der Waals surface area contributed by atoms with Crippen molar-refractivity contribution in [3.05, 3.63) is 42.0 Å². The predicted octanol–water partition coefficient (Wildman–Crippen LogP) is 1.03. The SMILES string of the molecule is C#CCOc1ccc(C=NN=C(N)N)cc1CC=C. The van der Waals surface area contributed by atoms with Gasteiger partial charge in [-0.1, -0.05) is 12.0 Å². The van der Waals surface area contributed by atoms with Crippen molar-refractivity contribution in [3.63, 3.8) is 0 Å². The van der Waals surface area contributed by atoms with Gasteiger partial charge in [-0.05, 0) is 35.7 Å². The van der Waals surface area contributed by atoms with Crippen molar-refractivity contribution in [1.29, 1.82) is 0 Å². The second-order valence-electron chi connectivity index (χ2n) is 3.62. The van der Waals surface area contributed by atoms with E-state index >= 15 is 0 Å². The van der Waals surface area contributed by atoms with Crippen LogP contribution in [0.2, 0.25) is 0 Å². The van der Waals surface area contributed by atoms with Gasteiger partial charge in [0.25, 0.3) is 0 Å². The summed E-state index contributed by atoms with van der Waals surface area (Å²) in [6.07, 6.45) is 9.18. The lowest BCUT2D eigenvalue weighted by Gasteiger charge is -2.08. The molecule has 4 N–H and O–H groups in total. The zero-order valence-electron chi connectivity index (χ0n) is 10.5. The van der Waals surface area contributed by atoms with E-state index in [1.807, 2.05) is 18.2 Å². The smallest absolute Gasteiger partial charge is 0.211 e. The summed E-state index contributed by atoms with van der Waals surface area (Å²) in [5.41, 5.74) is 12.2. The molecule has 1 aromatic carbocycles. The zero-order chi connectivity index (χ0) is 14.1. The number of hydrogen-bond donors (Lipinski definition) is 2. The Bertz CT molecular complexity index is 537. The molecular weight excluding hydrogens is 240 g/mol. The molecule has 1 rings (SSSR count). The highest BCUT2D eigenvalue weighted by Crippen LogP contribution is 2.20. The normalized spacial score (nSPS) is 9.84. The molecule has 1 aromatic rings. The van der Waals surface area contributed by atoms with Gasteiger partial charge in [0, 0.05) is 0 Å². The van der Waals surface area contributed by atoms with Crippen LogP contribution in [0.1, 0.15) is 11.1 Å². The lowest BCUT2D eigenvalue weighted by Crippen LogP contribution is -2.21. The first-order chi connectivity index (χ1) is 9.17. The highest BCUT2D eigenvalue weighted by atomic mass is 16.5. The molecule has 5 heteroatoms. The topological polar surface area (TPSA) is 86.0 Å². The molecule has 0 bridgehead atoms. The number of hydrogen-bond acceptors (Lipinski definition) is 3. The fraction of sp³-hybridized carbons (Fsp3) is 0.143. The van der Waals surface area contributed by atoms with Crippen molar-refractivity contribution in [3.8, 4) is 18.1 Å². The van der Waals surface area contributed by atoms with Crippen LogP contribution in [0.15, 0.2) is 41.1 Å². The van der Waals surface area contributed by atoms with Gasteiger partial charge in [0.05, 0.1) is 6.21 Å². The molecule has 0 unspecified atom stereocenters. The summed E-state index contributed by atoms with van der Waals surface area (Å²) < 4.78 is 5.44. The van der Waals surface area contributed by atoms with Gasteiger partial charge in [0.1, 0.15) is 12.4 Å². The molecule has 5 nitrogen and oxygen atoms in total. The molecule has 0 radical (unpaired) electrons. The molecule has 0 aromatic heterocycles. The standard InChI is InChI=1S/C14H16N4O/c1-3-5-12-9-11(10-17-18-14(15)16)6-7-13(12)19-8-4-2/h2-3,6-7,9-10H,1,5,8H2,(H4,15,16,18). The minimum Gasteiger partial charge on any atom is -0.481 e. The summed E-state index contributed by atoms with van der Waals surface area (Å²) in [6, 6.07) is 5.58. The Balaban J connectivity index is 2.95. The van der Waals surface area contributed by atoms with Crippen LogP contribution in [-0.4, -0.2) is 18.8 Å². The molecule has 0 saturated heterocycles. The van der Waals surface area contributed by atoms with Crippen molar-refractivity contribution in [2.24, 2.45) is 21.7 Å². The monoisotopic (exact) mass is 256 g/mol. The predicted molar refractivity (Wildman–Crippen MR) is 78.1 cm³/mol. The lowest BCUT2D eigenvalue weighted by atomic mass is 10.1. The van der Waals surface area contributed by atoms with Crippen LogP contribution < -0.4 is 16.2 Å². The molecule has 19 heavy (non-hydrogen) atoms. The minimum absolute atomic E-state index is 0.0865. The number of nitrogens with two attached hydrogens (primary N) is 2. The highest BCUT2D eigenvalue weighted by molar-refractivity contribution is 5.82. The molecule has 0 saturated carbocycles. The Hall–Kier alpha value is -2.74. The van der Waals surface area contributed by atoms with Gasteiger partial charge in [0.15, 0.2) is 0 Å². The maximum Gasteiger partial charge on any atom is 0.211 e. The molecule has 0 aliphatic rings. The summed E-state index contributed by atoms with van der Waals surface area (Å²) >= 11 is 0. The van der Waals surface area contributed by atoms with Gasteiger partial charge < -0.3 is 16.2 Å². The Kier molecular flexibility index (Phi) is 5.70. The first-order valence-electron chi connectivity index (χ1n) is 5.59. The summed E-state index contributed by atoms with van der Waals surface area (Å²) in [6.45, 7) is 3.94. The molecule has 0 heterocycles. The molecule has 0 fully saturated rings. The minimum atomic E-state index is -0.0865. The Morgan fingerprint density at radius 3 is 2.89 bits per heavy atom. The zero-order valence-corrected chi connectivity index (χ0v) is 10.5. The Morgan fingerprint density at radius 1 is 1.47 bits per heavy atom. The van der Waals surface area contributed by atoms with Crippen LogP contribution >= 0.6 is 0 Å².